The average Bonchev–Trinajstić information content (AvgIpc) is 2.78. The van der Waals surface area contributed by atoms with E-state index < -0.39 is 11.9 Å². The average molecular weight is 256 g/mol. The van der Waals surface area contributed by atoms with Crippen molar-refractivity contribution in [3.8, 4) is 0 Å². The number of hydrogen-bond acceptors (Lipinski definition) is 3. The third-order valence-electron chi connectivity index (χ3n) is 2.44. The minimum absolute atomic E-state index is 0.219. The van der Waals surface area contributed by atoms with Gasteiger partial charge in [-0.15, -0.1) is 0 Å². The first-order valence-corrected chi connectivity index (χ1v) is 5.24. The maximum Gasteiger partial charge on any atom is 0.435 e. The minimum Gasteiger partial charge on any atom is -0.325 e. The molecule has 2 rings (SSSR count). The Balaban J connectivity index is 2.22. The van der Waals surface area contributed by atoms with Crippen molar-refractivity contribution in [1.82, 2.24) is 14.8 Å². The van der Waals surface area contributed by atoms with Crippen molar-refractivity contribution >= 4 is 0 Å². The molecule has 2 N–H and O–H groups in total. The van der Waals surface area contributed by atoms with Gasteiger partial charge in [0.2, 0.25) is 0 Å². The van der Waals surface area contributed by atoms with Crippen LogP contribution in [-0.4, -0.2) is 14.8 Å². The monoisotopic (exact) mass is 256 g/mol. The molecule has 0 unspecified atom stereocenters. The summed E-state index contributed by atoms with van der Waals surface area (Å²) < 4.78 is 38.4. The van der Waals surface area contributed by atoms with Crippen molar-refractivity contribution in [2.45, 2.75) is 19.3 Å². The maximum atomic E-state index is 12.4. The van der Waals surface area contributed by atoms with Gasteiger partial charge >= 0.3 is 6.18 Å². The molecule has 0 atom stereocenters. The Hall–Kier alpha value is -1.89. The van der Waals surface area contributed by atoms with Gasteiger partial charge in [0.25, 0.3) is 0 Å². The lowest BCUT2D eigenvalue weighted by molar-refractivity contribution is -0.141. The predicted molar refractivity (Wildman–Crippen MR) is 58.5 cm³/mol. The van der Waals surface area contributed by atoms with Gasteiger partial charge in [-0.05, 0) is 17.7 Å². The van der Waals surface area contributed by atoms with Crippen LogP contribution in [0.25, 0.3) is 0 Å². The summed E-state index contributed by atoms with van der Waals surface area (Å²) in [6.45, 7) is 0.458. The van der Waals surface area contributed by atoms with Gasteiger partial charge in [0.1, 0.15) is 0 Å². The quantitative estimate of drug-likeness (QED) is 0.911. The van der Waals surface area contributed by atoms with Crippen molar-refractivity contribution < 1.29 is 13.2 Å². The van der Waals surface area contributed by atoms with E-state index in [-0.39, 0.29) is 13.1 Å². The maximum absolute atomic E-state index is 12.4. The normalized spacial score (nSPS) is 11.8. The molecule has 0 aliphatic heterocycles. The van der Waals surface area contributed by atoms with Crippen molar-refractivity contribution in [1.29, 1.82) is 0 Å². The lowest BCUT2D eigenvalue weighted by atomic mass is 10.2. The molecular formula is C11H11F3N4. The smallest absolute Gasteiger partial charge is 0.325 e. The summed E-state index contributed by atoms with van der Waals surface area (Å²) in [5, 5.41) is 3.48. The summed E-state index contributed by atoms with van der Waals surface area (Å²) in [6.07, 6.45) is -1.54. The van der Waals surface area contributed by atoms with Crippen LogP contribution in [0.3, 0.4) is 0 Å². The molecule has 0 bridgehead atoms. The second-order valence-corrected chi connectivity index (χ2v) is 3.71. The van der Waals surface area contributed by atoms with Crippen LogP contribution in [0.15, 0.2) is 30.6 Å². The van der Waals surface area contributed by atoms with Gasteiger partial charge in [-0.25, -0.2) is 0 Å². The van der Waals surface area contributed by atoms with Crippen molar-refractivity contribution in [3.05, 3.63) is 47.5 Å². The van der Waals surface area contributed by atoms with Gasteiger partial charge in [-0.3, -0.25) is 9.67 Å². The number of hydrogen-bond donors (Lipinski definition) is 1. The number of pyridine rings is 1. The highest BCUT2D eigenvalue weighted by Crippen LogP contribution is 2.27. The van der Waals surface area contributed by atoms with Gasteiger partial charge in [0, 0.05) is 18.9 Å². The third-order valence-corrected chi connectivity index (χ3v) is 2.44. The minimum atomic E-state index is -4.42. The Morgan fingerprint density at radius 1 is 1.28 bits per heavy atom. The fraction of sp³-hybridized carbons (Fsp3) is 0.273. The summed E-state index contributed by atoms with van der Waals surface area (Å²) in [4.78, 5) is 4.06. The topological polar surface area (TPSA) is 56.7 Å². The van der Waals surface area contributed by atoms with Crippen LogP contribution in [0.4, 0.5) is 13.2 Å². The number of nitrogens with two attached hydrogens (primary N) is 1. The highest BCUT2D eigenvalue weighted by molar-refractivity contribution is 5.20. The molecule has 0 aromatic carbocycles. The first kappa shape index (κ1) is 12.6. The molecule has 0 amide bonds. The van der Waals surface area contributed by atoms with E-state index in [9.17, 15) is 13.2 Å². The number of alkyl halides is 3. The van der Waals surface area contributed by atoms with Gasteiger partial charge < -0.3 is 5.73 Å². The Labute approximate surface area is 101 Å². The molecule has 0 aliphatic carbocycles. The van der Waals surface area contributed by atoms with Crippen LogP contribution in [0, 0.1) is 0 Å². The van der Waals surface area contributed by atoms with E-state index in [1.807, 2.05) is 0 Å². The molecule has 96 valence electrons. The largest absolute Gasteiger partial charge is 0.435 e. The Kier molecular flexibility index (Phi) is 3.33. The Bertz CT molecular complexity index is 533. The third kappa shape index (κ3) is 2.67. The summed E-state index contributed by atoms with van der Waals surface area (Å²) in [5.41, 5.74) is 6.02. The zero-order chi connectivity index (χ0) is 13.2. The second-order valence-electron chi connectivity index (χ2n) is 3.71. The molecule has 0 aliphatic rings. The predicted octanol–water partition coefficient (Wildman–Crippen LogP) is 1.80. The zero-order valence-corrected chi connectivity index (χ0v) is 9.35. The standard InChI is InChI=1S/C11H11F3N4/c12-11(13,14)10-3-5-18(17-10)7-8-2-1-4-16-9(8)6-15/h1-5H,6-7,15H2. The van der Waals surface area contributed by atoms with Gasteiger partial charge in [0.15, 0.2) is 5.69 Å². The van der Waals surface area contributed by atoms with Crippen LogP contribution in [0.5, 0.6) is 0 Å². The fourth-order valence-electron chi connectivity index (χ4n) is 1.57. The zero-order valence-electron chi connectivity index (χ0n) is 9.35. The second kappa shape index (κ2) is 4.77. The molecule has 0 fully saturated rings. The number of halogens is 3. The molecule has 0 saturated heterocycles. The Morgan fingerprint density at radius 2 is 2.06 bits per heavy atom. The molecule has 0 spiro atoms. The van der Waals surface area contributed by atoms with Crippen LogP contribution in [0.1, 0.15) is 17.0 Å². The van der Waals surface area contributed by atoms with Crippen molar-refractivity contribution in [3.63, 3.8) is 0 Å². The van der Waals surface area contributed by atoms with Crippen LogP contribution < -0.4 is 5.73 Å². The SMILES string of the molecule is NCc1ncccc1Cn1ccc(C(F)(F)F)n1. The van der Waals surface area contributed by atoms with E-state index in [1.54, 1.807) is 18.3 Å². The van der Waals surface area contributed by atoms with Gasteiger partial charge in [-0.1, -0.05) is 6.07 Å². The van der Waals surface area contributed by atoms with E-state index in [2.05, 4.69) is 10.1 Å². The van der Waals surface area contributed by atoms with Gasteiger partial charge in [0.05, 0.1) is 12.2 Å². The summed E-state index contributed by atoms with van der Waals surface area (Å²) in [6, 6.07) is 4.42. The van der Waals surface area contributed by atoms with E-state index in [1.165, 1.54) is 10.9 Å². The number of rotatable bonds is 3. The molecule has 0 saturated carbocycles. The fourth-order valence-corrected chi connectivity index (χ4v) is 1.57. The molecular weight excluding hydrogens is 245 g/mol. The summed E-state index contributed by atoms with van der Waals surface area (Å²) >= 11 is 0. The lowest BCUT2D eigenvalue weighted by Gasteiger charge is -2.06. The van der Waals surface area contributed by atoms with Crippen LogP contribution in [0.2, 0.25) is 0 Å². The molecule has 4 nitrogen and oxygen atoms in total. The molecule has 0 radical (unpaired) electrons. The van der Waals surface area contributed by atoms with E-state index >= 15 is 0 Å². The first-order chi connectivity index (χ1) is 8.50. The number of nitrogens with zero attached hydrogens (tertiary/aromatic N) is 3. The first-order valence-electron chi connectivity index (χ1n) is 5.24. The van der Waals surface area contributed by atoms with Crippen LogP contribution in [-0.2, 0) is 19.3 Å². The lowest BCUT2D eigenvalue weighted by Crippen LogP contribution is -2.11. The van der Waals surface area contributed by atoms with E-state index in [4.69, 9.17) is 5.73 Å². The van der Waals surface area contributed by atoms with Gasteiger partial charge in [-0.2, -0.15) is 18.3 Å². The van der Waals surface area contributed by atoms with E-state index in [0.717, 1.165) is 11.6 Å². The summed E-state index contributed by atoms with van der Waals surface area (Å²) in [5.74, 6) is 0. The molecule has 2 aromatic heterocycles. The highest BCUT2D eigenvalue weighted by Gasteiger charge is 2.33. The van der Waals surface area contributed by atoms with E-state index in [0.29, 0.717) is 5.69 Å². The van der Waals surface area contributed by atoms with Crippen molar-refractivity contribution in [2.75, 3.05) is 0 Å². The van der Waals surface area contributed by atoms with Crippen molar-refractivity contribution in [2.24, 2.45) is 5.73 Å². The highest BCUT2D eigenvalue weighted by atomic mass is 19.4. The summed E-state index contributed by atoms with van der Waals surface area (Å²) in [7, 11) is 0. The molecule has 7 heteroatoms. The molecule has 2 aromatic rings. The Morgan fingerprint density at radius 3 is 2.67 bits per heavy atom. The molecule has 18 heavy (non-hydrogen) atoms. The molecule has 2 heterocycles. The number of aromatic nitrogens is 3. The van der Waals surface area contributed by atoms with Crippen LogP contribution >= 0.6 is 0 Å².